The van der Waals surface area contributed by atoms with Gasteiger partial charge in [-0.2, -0.15) is 0 Å². The average Bonchev–Trinajstić information content (AvgIpc) is 0.800. The Labute approximate surface area is 621 Å². The van der Waals surface area contributed by atoms with Crippen molar-refractivity contribution in [2.75, 3.05) is 41.5 Å². The minimum absolute atomic E-state index is 0.0907. The lowest BCUT2D eigenvalue weighted by molar-refractivity contribution is -0.119. The van der Waals surface area contributed by atoms with Gasteiger partial charge in [-0.3, -0.25) is 48.9 Å². The molecule has 0 bridgehead atoms. The molecule has 5 aromatic carbocycles. The first-order valence-electron chi connectivity index (χ1n) is 34.3. The Bertz CT molecular complexity index is 4570. The molecule has 5 N–H and O–H groups in total. The lowest BCUT2D eigenvalue weighted by atomic mass is 10.0. The van der Waals surface area contributed by atoms with E-state index in [4.69, 9.17) is 11.6 Å². The molecular formula is C84H95ClF2N10O7S. The number of halogens is 3. The first kappa shape index (κ1) is 84.0. The second kappa shape index (κ2) is 41.6. The van der Waals surface area contributed by atoms with E-state index in [-0.39, 0.29) is 75.7 Å². The van der Waals surface area contributed by atoms with Crippen molar-refractivity contribution in [1.82, 2.24) is 51.5 Å². The standard InChI is InChI=1S/C18H22N2O.C17H19FN2O.C17H20N2O3S.C16H17ClN2O.C16H17FN2O/c1-12-7-13(2)9-16(8-12)17-6-5-15(11-20-17)10-18(19-4)14(3)21;1-11-4-6-14(18)9-15(11)16-7-5-13(10-20-16)8-17(19-3)12(2)21;1-12(20)17(18-2)10-13-4-9-16(19-11-13)14-5-7-15(8-6-14)23(3,21)22;1-11(20)16(18-2)8-12-6-7-15(19-10-12)13-4-3-5-14(17)9-13;1-11(20)16(18-2)9-12-3-8-15(19-10-12)13-4-6-14(17)7-5-13/h5-9,11,18-19H,10H2,1-4H3;4-7,9-10,17,19H,8H2,1-3H3;4-9,11,17-18H,10H2,1-3H3;3-7,9-10,16,18H,8H2,1-2H3;3-8,10,16,18H,9H2,1-2H3/t18-;2*17-;2*16-/m00000/s1. The van der Waals surface area contributed by atoms with E-state index in [9.17, 15) is 41.2 Å². The predicted octanol–water partition coefficient (Wildman–Crippen LogP) is 13.6. The molecular weight excluding hydrogens is 1370 g/mol. The Morgan fingerprint density at radius 3 is 0.990 bits per heavy atom. The SMILES string of the molecule is CN[C@@H](Cc1ccc(-c2cc(C)cc(C)c2)nc1)C(C)=O.CN[C@@H](Cc1ccc(-c2cc(F)ccc2C)nc1)C(C)=O.CN[C@@H](Cc1ccc(-c2ccc(F)cc2)nc1)C(C)=O.CN[C@@H](Cc1ccc(-c2ccc(S(C)(=O)=O)cc2)nc1)C(C)=O.CN[C@@H](Cc1ccc(-c2cccc(Cl)c2)nc1)C(C)=O. The van der Waals surface area contributed by atoms with Crippen LogP contribution in [0.25, 0.3) is 56.3 Å². The van der Waals surface area contributed by atoms with Crippen LogP contribution in [0.2, 0.25) is 5.02 Å². The number of Topliss-reactive ketones (excluding diaryl/α,β-unsaturated/α-hetero) is 5. The van der Waals surface area contributed by atoms with Gasteiger partial charge in [0.25, 0.3) is 0 Å². The van der Waals surface area contributed by atoms with Crippen molar-refractivity contribution < 1.29 is 41.2 Å². The zero-order valence-electron chi connectivity index (χ0n) is 62.1. The topological polar surface area (TPSA) is 244 Å². The van der Waals surface area contributed by atoms with Crippen molar-refractivity contribution in [1.29, 1.82) is 0 Å². The summed E-state index contributed by atoms with van der Waals surface area (Å²) in [6.45, 7) is 14.0. The summed E-state index contributed by atoms with van der Waals surface area (Å²) >= 11 is 5.97. The van der Waals surface area contributed by atoms with Gasteiger partial charge in [0.15, 0.2) is 9.84 Å². The van der Waals surface area contributed by atoms with Crippen LogP contribution in [0, 0.1) is 32.4 Å². The van der Waals surface area contributed by atoms with Gasteiger partial charge in [0.1, 0.15) is 40.6 Å². The second-order valence-electron chi connectivity index (χ2n) is 25.7. The zero-order chi connectivity index (χ0) is 76.9. The maximum Gasteiger partial charge on any atom is 0.175 e. The third kappa shape index (κ3) is 27.3. The molecule has 0 aliphatic carbocycles. The molecule has 0 aliphatic heterocycles. The van der Waals surface area contributed by atoms with Crippen LogP contribution < -0.4 is 26.6 Å². The summed E-state index contributed by atoms with van der Waals surface area (Å²) in [6, 6.07) is 50.1. The number of hydrogen-bond acceptors (Lipinski definition) is 17. The van der Waals surface area contributed by atoms with Gasteiger partial charge in [-0.15, -0.1) is 0 Å². The largest absolute Gasteiger partial charge is 0.310 e. The number of ketones is 5. The van der Waals surface area contributed by atoms with Crippen molar-refractivity contribution in [2.45, 2.75) is 123 Å². The molecule has 5 aromatic heterocycles. The van der Waals surface area contributed by atoms with Crippen molar-refractivity contribution in [3.8, 4) is 56.3 Å². The zero-order valence-corrected chi connectivity index (χ0v) is 63.7. The fourth-order valence-corrected chi connectivity index (χ4v) is 11.9. The number of hydrogen-bond donors (Lipinski definition) is 5. The number of aromatic nitrogens is 5. The van der Waals surface area contributed by atoms with Crippen LogP contribution in [-0.4, -0.2) is 134 Å². The number of rotatable bonds is 26. The van der Waals surface area contributed by atoms with Crippen molar-refractivity contribution in [2.24, 2.45) is 0 Å². The summed E-state index contributed by atoms with van der Waals surface area (Å²) in [5.41, 5.74) is 17.3. The van der Waals surface area contributed by atoms with Crippen LogP contribution in [0.1, 0.15) is 79.1 Å². The fourth-order valence-electron chi connectivity index (χ4n) is 11.1. The lowest BCUT2D eigenvalue weighted by Gasteiger charge is -2.13. The van der Waals surface area contributed by atoms with Gasteiger partial charge in [-0.25, -0.2) is 17.2 Å². The van der Waals surface area contributed by atoms with Gasteiger partial charge in [0.05, 0.1) is 63.6 Å². The van der Waals surface area contributed by atoms with Crippen LogP contribution >= 0.6 is 11.6 Å². The molecule has 5 atom stereocenters. The van der Waals surface area contributed by atoms with Crippen molar-refractivity contribution in [3.05, 3.63) is 262 Å². The van der Waals surface area contributed by atoms with Crippen LogP contribution in [0.15, 0.2) is 206 Å². The van der Waals surface area contributed by atoms with Gasteiger partial charge in [-0.05, 0) is 259 Å². The second-order valence-corrected chi connectivity index (χ2v) is 28.1. The molecule has 10 rings (SSSR count). The molecule has 0 unspecified atom stereocenters. The number of benzene rings is 5. The van der Waals surface area contributed by atoms with Crippen LogP contribution in [0.4, 0.5) is 8.78 Å². The Morgan fingerprint density at radius 1 is 0.371 bits per heavy atom. The number of carbonyl (C=O) groups is 5. The van der Waals surface area contributed by atoms with E-state index in [2.05, 4.69) is 83.6 Å². The first-order valence-corrected chi connectivity index (χ1v) is 36.6. The monoisotopic (exact) mass is 1460 g/mol. The van der Waals surface area contributed by atoms with E-state index in [0.717, 1.165) is 89.7 Å². The minimum atomic E-state index is -3.19. The summed E-state index contributed by atoms with van der Waals surface area (Å²) in [5, 5.41) is 15.7. The van der Waals surface area contributed by atoms with E-state index in [1.807, 2.05) is 111 Å². The number of sulfone groups is 1. The third-order valence-electron chi connectivity index (χ3n) is 17.4. The van der Waals surface area contributed by atoms with Gasteiger partial charge < -0.3 is 26.6 Å². The highest BCUT2D eigenvalue weighted by molar-refractivity contribution is 7.90. The Kier molecular flexibility index (Phi) is 33.3. The molecule has 17 nitrogen and oxygen atoms in total. The minimum Gasteiger partial charge on any atom is -0.310 e. The summed E-state index contributed by atoms with van der Waals surface area (Å²) in [4.78, 5) is 79.5. The molecule has 0 amide bonds. The quantitative estimate of drug-likeness (QED) is 0.0338. The number of nitrogens with zero attached hydrogens (tertiary/aromatic N) is 5. The molecule has 10 aromatic rings. The van der Waals surface area contributed by atoms with E-state index in [0.29, 0.717) is 37.1 Å². The van der Waals surface area contributed by atoms with Gasteiger partial charge in [0, 0.05) is 70.1 Å². The summed E-state index contributed by atoms with van der Waals surface area (Å²) in [5.74, 6) is 0.0462. The molecule has 0 aliphatic rings. The fraction of sp³-hybridized carbons (Fsp3) is 0.286. The summed E-state index contributed by atoms with van der Waals surface area (Å²) in [7, 11) is 5.71. The molecule has 550 valence electrons. The molecule has 0 saturated heterocycles. The summed E-state index contributed by atoms with van der Waals surface area (Å²) < 4.78 is 49.1. The number of likely N-dealkylation sites (N-methyl/N-ethyl adjacent to an activating group) is 5. The van der Waals surface area contributed by atoms with Crippen molar-refractivity contribution in [3.63, 3.8) is 0 Å². The number of carbonyl (C=O) groups excluding carboxylic acids is 5. The number of aryl methyl sites for hydroxylation is 3. The number of nitrogens with one attached hydrogen (secondary N) is 5. The maximum atomic E-state index is 13.3. The van der Waals surface area contributed by atoms with Gasteiger partial charge >= 0.3 is 0 Å². The first-order chi connectivity index (χ1) is 50.0. The number of pyridine rings is 5. The Balaban J connectivity index is 0.000000206. The third-order valence-corrected chi connectivity index (χ3v) is 18.7. The molecule has 105 heavy (non-hydrogen) atoms. The molecule has 0 saturated carbocycles. The molecule has 0 spiro atoms. The van der Waals surface area contributed by atoms with E-state index in [1.54, 1.807) is 124 Å². The summed E-state index contributed by atoms with van der Waals surface area (Å²) in [6.07, 6.45) is 13.2. The Hall–Kier alpha value is -9.90. The molecule has 5 heterocycles. The van der Waals surface area contributed by atoms with Crippen molar-refractivity contribution >= 4 is 50.4 Å². The van der Waals surface area contributed by atoms with E-state index in [1.165, 1.54) is 41.6 Å². The highest BCUT2D eigenvalue weighted by atomic mass is 35.5. The van der Waals surface area contributed by atoms with E-state index < -0.39 is 9.84 Å². The smallest absolute Gasteiger partial charge is 0.175 e. The van der Waals surface area contributed by atoms with Crippen LogP contribution in [0.5, 0.6) is 0 Å². The maximum absolute atomic E-state index is 13.3. The van der Waals surface area contributed by atoms with E-state index >= 15 is 0 Å². The average molecular weight is 1460 g/mol. The molecule has 0 fully saturated rings. The van der Waals surface area contributed by atoms with Gasteiger partial charge in [0.2, 0.25) is 0 Å². The molecule has 0 radical (unpaired) electrons. The highest BCUT2D eigenvalue weighted by Crippen LogP contribution is 2.26. The lowest BCUT2D eigenvalue weighted by Crippen LogP contribution is -2.34. The van der Waals surface area contributed by atoms with Crippen LogP contribution in [0.3, 0.4) is 0 Å². The molecule has 21 heteroatoms. The highest BCUT2D eigenvalue weighted by Gasteiger charge is 2.18. The van der Waals surface area contributed by atoms with Gasteiger partial charge in [-0.1, -0.05) is 89.5 Å². The Morgan fingerprint density at radius 2 is 0.686 bits per heavy atom. The van der Waals surface area contributed by atoms with Crippen LogP contribution in [-0.2, 0) is 65.9 Å². The predicted molar refractivity (Wildman–Crippen MR) is 417 cm³/mol. The normalized spacial score (nSPS) is 12.3.